The highest BCUT2D eigenvalue weighted by Gasteiger charge is 2.31. The third kappa shape index (κ3) is 4.28. The summed E-state index contributed by atoms with van der Waals surface area (Å²) in [4.78, 5) is 28.3. The molecule has 2 heterocycles. The van der Waals surface area contributed by atoms with Gasteiger partial charge < -0.3 is 9.64 Å². The Morgan fingerprint density at radius 2 is 2.12 bits per heavy atom. The van der Waals surface area contributed by atoms with Crippen LogP contribution in [0.4, 0.5) is 5.13 Å². The molecule has 2 amide bonds. The lowest BCUT2D eigenvalue weighted by Gasteiger charge is -2.37. The fraction of sp³-hybridized carbons (Fsp3) is 0.733. The summed E-state index contributed by atoms with van der Waals surface area (Å²) in [5.41, 5.74) is 0. The summed E-state index contributed by atoms with van der Waals surface area (Å²) in [5, 5.41) is 11.7. The summed E-state index contributed by atoms with van der Waals surface area (Å²) in [5.74, 6) is -0.0310. The summed E-state index contributed by atoms with van der Waals surface area (Å²) < 4.78 is 4.98. The van der Waals surface area contributed by atoms with Crippen molar-refractivity contribution >= 4 is 28.3 Å². The van der Waals surface area contributed by atoms with E-state index in [1.165, 1.54) is 24.2 Å². The Balaban J connectivity index is 1.46. The Morgan fingerprint density at radius 1 is 1.33 bits per heavy atom. The maximum Gasteiger partial charge on any atom is 0.240 e. The Hall–Kier alpha value is -1.58. The first-order valence-corrected chi connectivity index (χ1v) is 9.10. The molecule has 24 heavy (non-hydrogen) atoms. The normalized spacial score (nSPS) is 19.9. The minimum Gasteiger partial charge on any atom is -0.377 e. The van der Waals surface area contributed by atoms with Gasteiger partial charge >= 0.3 is 0 Å². The summed E-state index contributed by atoms with van der Waals surface area (Å²) in [6, 6.07) is 0.411. The Bertz CT molecular complexity index is 587. The van der Waals surface area contributed by atoms with Crippen LogP contribution in [-0.2, 0) is 20.9 Å². The number of amides is 2. The van der Waals surface area contributed by atoms with Crippen LogP contribution in [-0.4, -0.2) is 71.1 Å². The van der Waals surface area contributed by atoms with Crippen molar-refractivity contribution in [3.8, 4) is 0 Å². The van der Waals surface area contributed by atoms with Gasteiger partial charge in [-0.15, -0.1) is 10.2 Å². The molecule has 1 aromatic heterocycles. The van der Waals surface area contributed by atoms with Gasteiger partial charge in [-0.3, -0.25) is 19.8 Å². The van der Waals surface area contributed by atoms with Crippen molar-refractivity contribution in [2.24, 2.45) is 0 Å². The van der Waals surface area contributed by atoms with E-state index in [1.54, 1.807) is 7.11 Å². The third-order valence-electron chi connectivity index (χ3n) is 4.45. The van der Waals surface area contributed by atoms with Gasteiger partial charge in [-0.1, -0.05) is 24.2 Å². The molecule has 1 aliphatic heterocycles. The second-order valence-corrected chi connectivity index (χ2v) is 7.28. The minimum absolute atomic E-state index is 0.138. The van der Waals surface area contributed by atoms with Crippen molar-refractivity contribution < 1.29 is 14.3 Å². The monoisotopic (exact) mass is 353 g/mol. The number of nitrogens with one attached hydrogen (secondary N) is 1. The number of methoxy groups -OCH3 is 1. The van der Waals surface area contributed by atoms with Gasteiger partial charge in [-0.2, -0.15) is 0 Å². The molecule has 1 N–H and O–H groups in total. The van der Waals surface area contributed by atoms with E-state index in [0.29, 0.717) is 35.9 Å². The highest BCUT2D eigenvalue weighted by atomic mass is 32.1. The van der Waals surface area contributed by atoms with E-state index >= 15 is 0 Å². The van der Waals surface area contributed by atoms with Crippen LogP contribution in [0.1, 0.15) is 30.7 Å². The first-order valence-electron chi connectivity index (χ1n) is 8.28. The molecule has 1 saturated heterocycles. The molecule has 0 spiro atoms. The van der Waals surface area contributed by atoms with Crippen molar-refractivity contribution in [2.75, 3.05) is 38.6 Å². The van der Waals surface area contributed by atoms with E-state index in [2.05, 4.69) is 15.5 Å². The first kappa shape index (κ1) is 17.2. The molecule has 1 aliphatic carbocycles. The Morgan fingerprint density at radius 3 is 2.83 bits per heavy atom. The molecule has 132 valence electrons. The molecule has 3 rings (SSSR count). The van der Waals surface area contributed by atoms with Crippen LogP contribution in [0, 0.1) is 0 Å². The van der Waals surface area contributed by atoms with E-state index in [-0.39, 0.29) is 18.4 Å². The van der Waals surface area contributed by atoms with Crippen LogP contribution in [0.25, 0.3) is 0 Å². The van der Waals surface area contributed by atoms with Gasteiger partial charge in [0.05, 0.1) is 13.1 Å². The molecule has 1 saturated carbocycles. The van der Waals surface area contributed by atoms with Gasteiger partial charge in [0.2, 0.25) is 16.9 Å². The fourth-order valence-corrected chi connectivity index (χ4v) is 4.05. The number of nitrogens with zero attached hydrogens (tertiary/aromatic N) is 4. The van der Waals surface area contributed by atoms with Gasteiger partial charge in [-0.25, -0.2) is 0 Å². The molecule has 0 bridgehead atoms. The summed E-state index contributed by atoms with van der Waals surface area (Å²) >= 11 is 1.29. The zero-order valence-corrected chi connectivity index (χ0v) is 14.7. The van der Waals surface area contributed by atoms with Crippen LogP contribution < -0.4 is 5.32 Å². The molecule has 2 aliphatic rings. The maximum atomic E-state index is 12.3. The zero-order chi connectivity index (χ0) is 16.9. The first-order chi connectivity index (χ1) is 11.7. The quantitative estimate of drug-likeness (QED) is 0.810. The third-order valence-corrected chi connectivity index (χ3v) is 5.26. The number of carbonyl (C=O) groups is 2. The molecule has 1 aromatic rings. The maximum absolute atomic E-state index is 12.3. The van der Waals surface area contributed by atoms with Gasteiger partial charge in [0.25, 0.3) is 0 Å². The second kappa shape index (κ2) is 8.00. The van der Waals surface area contributed by atoms with Crippen LogP contribution in [0.3, 0.4) is 0 Å². The molecule has 0 atom stereocenters. The number of piperazine rings is 1. The molecule has 2 fully saturated rings. The summed E-state index contributed by atoms with van der Waals surface area (Å²) in [6.07, 6.45) is 4.67. The van der Waals surface area contributed by atoms with Crippen molar-refractivity contribution in [2.45, 2.75) is 38.3 Å². The molecule has 0 aromatic carbocycles. The second-order valence-electron chi connectivity index (χ2n) is 6.22. The van der Waals surface area contributed by atoms with Crippen molar-refractivity contribution in [3.05, 3.63) is 5.01 Å². The van der Waals surface area contributed by atoms with Crippen LogP contribution in [0.15, 0.2) is 0 Å². The van der Waals surface area contributed by atoms with Gasteiger partial charge in [0, 0.05) is 26.2 Å². The fourth-order valence-electron chi connectivity index (χ4n) is 3.32. The smallest absolute Gasteiger partial charge is 0.240 e. The molecule has 9 heteroatoms. The average Bonchev–Trinajstić information content (AvgIpc) is 3.20. The van der Waals surface area contributed by atoms with Gasteiger partial charge in [0.15, 0.2) is 0 Å². The highest BCUT2D eigenvalue weighted by molar-refractivity contribution is 7.15. The molecular formula is C15H23N5O3S. The van der Waals surface area contributed by atoms with E-state index < -0.39 is 0 Å². The number of carbonyl (C=O) groups excluding carboxylic acids is 2. The van der Waals surface area contributed by atoms with E-state index in [0.717, 1.165) is 19.4 Å². The van der Waals surface area contributed by atoms with Crippen molar-refractivity contribution in [1.29, 1.82) is 0 Å². The number of hydrogen-bond acceptors (Lipinski definition) is 7. The Kier molecular flexibility index (Phi) is 5.75. The number of hydrogen-bond donors (Lipinski definition) is 1. The lowest BCUT2D eigenvalue weighted by atomic mass is 10.1. The summed E-state index contributed by atoms with van der Waals surface area (Å²) in [6.45, 7) is 2.35. The predicted molar refractivity (Wildman–Crippen MR) is 89.7 cm³/mol. The lowest BCUT2D eigenvalue weighted by molar-refractivity contribution is -0.139. The SMILES string of the molecule is COCc1nnc(NC(=O)CN2CCN(C3CCCC3)C(=O)C2)s1. The van der Waals surface area contributed by atoms with E-state index in [4.69, 9.17) is 4.74 Å². The van der Waals surface area contributed by atoms with Crippen LogP contribution in [0.5, 0.6) is 0 Å². The minimum atomic E-state index is -0.169. The van der Waals surface area contributed by atoms with Crippen LogP contribution >= 0.6 is 11.3 Å². The lowest BCUT2D eigenvalue weighted by Crippen LogP contribution is -2.54. The number of anilines is 1. The largest absolute Gasteiger partial charge is 0.377 e. The van der Waals surface area contributed by atoms with Crippen molar-refractivity contribution in [3.63, 3.8) is 0 Å². The number of aromatic nitrogens is 2. The highest BCUT2D eigenvalue weighted by Crippen LogP contribution is 2.24. The summed E-state index contributed by atoms with van der Waals surface area (Å²) in [7, 11) is 1.59. The van der Waals surface area contributed by atoms with Gasteiger partial charge in [-0.05, 0) is 12.8 Å². The molecule has 8 nitrogen and oxygen atoms in total. The zero-order valence-electron chi connectivity index (χ0n) is 13.9. The predicted octanol–water partition coefficient (Wildman–Crippen LogP) is 0.710. The average molecular weight is 353 g/mol. The van der Waals surface area contributed by atoms with Gasteiger partial charge in [0.1, 0.15) is 11.6 Å². The van der Waals surface area contributed by atoms with Crippen LogP contribution in [0.2, 0.25) is 0 Å². The topological polar surface area (TPSA) is 87.7 Å². The number of ether oxygens (including phenoxy) is 1. The Labute approximate surface area is 145 Å². The number of rotatable bonds is 6. The van der Waals surface area contributed by atoms with E-state index in [9.17, 15) is 9.59 Å². The van der Waals surface area contributed by atoms with E-state index in [1.807, 2.05) is 9.80 Å². The molecular weight excluding hydrogens is 330 g/mol. The molecule has 0 unspecified atom stereocenters. The molecule has 0 radical (unpaired) electrons. The van der Waals surface area contributed by atoms with Crippen molar-refractivity contribution in [1.82, 2.24) is 20.0 Å². The standard InChI is InChI=1S/C15H23N5O3S/c1-23-10-13-17-18-15(24-13)16-12(21)8-19-6-7-20(14(22)9-19)11-4-2-3-5-11/h11H,2-10H2,1H3,(H,16,18,21).